The Morgan fingerprint density at radius 3 is 2.40 bits per heavy atom. The second-order valence-corrected chi connectivity index (χ2v) is 12.1. The first-order valence-electron chi connectivity index (χ1n) is 15.6. The molecule has 2 N–H and O–H groups in total. The van der Waals surface area contributed by atoms with Crippen LogP contribution in [0.2, 0.25) is 5.02 Å². The lowest BCUT2D eigenvalue weighted by Crippen LogP contribution is -2.44. The summed E-state index contributed by atoms with van der Waals surface area (Å²) in [6.07, 6.45) is -3.07. The lowest BCUT2D eigenvalue weighted by Gasteiger charge is -2.34. The number of ether oxygens (including phenoxy) is 1. The largest absolute Gasteiger partial charge is 0.416 e. The van der Waals surface area contributed by atoms with Crippen LogP contribution >= 0.6 is 11.6 Å². The number of amides is 1. The highest BCUT2D eigenvalue weighted by Crippen LogP contribution is 2.32. The number of carbonyl (C=O) groups is 1. The number of hydrogen-bond acceptors (Lipinski definition) is 9. The van der Waals surface area contributed by atoms with Crippen LogP contribution in [0.4, 0.5) is 36.2 Å². The number of halogens is 4. The standard InChI is InChI=1S/C35H33ClF3N7O4/c1-44-12-14-45(15-13-44)27-9-6-25(7-10-27)42-34-40-21-23-19-29(33(48)46(31(23)43-34)50-17-16-49-2)28-20-26(8-11-30(28)36)41-32(47)22-4-3-5-24(18-22)35(37,38)39/h3-11,18-21H,12-17H2,1-2H3,(H,41,47)(H,40,42,43). The van der Waals surface area contributed by atoms with Gasteiger partial charge in [-0.2, -0.15) is 18.2 Å². The Morgan fingerprint density at radius 2 is 1.68 bits per heavy atom. The molecule has 50 heavy (non-hydrogen) atoms. The van der Waals surface area contributed by atoms with E-state index in [-0.39, 0.29) is 52.2 Å². The van der Waals surface area contributed by atoms with E-state index in [1.54, 1.807) is 6.07 Å². The fraction of sp³-hybridized carbons (Fsp3) is 0.257. The van der Waals surface area contributed by atoms with Crippen molar-refractivity contribution in [1.82, 2.24) is 19.6 Å². The Morgan fingerprint density at radius 1 is 0.940 bits per heavy atom. The number of anilines is 4. The fourth-order valence-electron chi connectivity index (χ4n) is 5.45. The van der Waals surface area contributed by atoms with Crippen molar-refractivity contribution in [2.75, 3.05) is 69.1 Å². The third-order valence-corrected chi connectivity index (χ3v) is 8.50. The molecular weight excluding hydrogens is 675 g/mol. The van der Waals surface area contributed by atoms with Crippen LogP contribution < -0.4 is 25.9 Å². The molecule has 1 fully saturated rings. The molecule has 1 saturated heterocycles. The van der Waals surface area contributed by atoms with Crippen molar-refractivity contribution in [3.05, 3.63) is 105 Å². The van der Waals surface area contributed by atoms with Crippen molar-refractivity contribution in [1.29, 1.82) is 0 Å². The van der Waals surface area contributed by atoms with Crippen molar-refractivity contribution < 1.29 is 27.5 Å². The summed E-state index contributed by atoms with van der Waals surface area (Å²) in [6.45, 7) is 4.10. The van der Waals surface area contributed by atoms with E-state index in [1.807, 2.05) is 24.3 Å². The van der Waals surface area contributed by atoms with E-state index in [9.17, 15) is 22.8 Å². The quantitative estimate of drug-likeness (QED) is 0.170. The number of nitrogens with one attached hydrogen (secondary N) is 2. The van der Waals surface area contributed by atoms with Gasteiger partial charge >= 0.3 is 6.18 Å². The first-order chi connectivity index (χ1) is 24.0. The molecule has 11 nitrogen and oxygen atoms in total. The van der Waals surface area contributed by atoms with Gasteiger partial charge in [0.1, 0.15) is 6.61 Å². The fourth-order valence-corrected chi connectivity index (χ4v) is 5.67. The molecule has 5 aromatic rings. The summed E-state index contributed by atoms with van der Waals surface area (Å²) in [5, 5.41) is 6.40. The molecule has 3 aromatic carbocycles. The molecule has 0 atom stereocenters. The minimum Gasteiger partial charge on any atom is -0.406 e. The Balaban J connectivity index is 1.29. The second-order valence-electron chi connectivity index (χ2n) is 11.6. The third-order valence-electron chi connectivity index (χ3n) is 8.17. The molecule has 6 rings (SSSR count). The molecule has 0 aliphatic carbocycles. The summed E-state index contributed by atoms with van der Waals surface area (Å²) >= 11 is 6.55. The van der Waals surface area contributed by atoms with Crippen LogP contribution in [-0.4, -0.2) is 79.1 Å². The Hall–Kier alpha value is -5.18. The number of fused-ring (bicyclic) bond motifs is 1. The minimum atomic E-state index is -4.61. The number of nitrogens with zero attached hydrogens (tertiary/aromatic N) is 5. The number of benzene rings is 3. The molecule has 15 heteroatoms. The molecule has 0 unspecified atom stereocenters. The van der Waals surface area contributed by atoms with Crippen LogP contribution in [0.15, 0.2) is 83.8 Å². The predicted octanol–water partition coefficient (Wildman–Crippen LogP) is 5.95. The SMILES string of the molecule is COCCOn1c(=O)c(-c2cc(NC(=O)c3cccc(C(F)(F)F)c3)ccc2Cl)cc2cnc(Nc3ccc(N4CCN(C)CC4)cc3)nc21. The van der Waals surface area contributed by atoms with E-state index in [1.165, 1.54) is 37.6 Å². The smallest absolute Gasteiger partial charge is 0.406 e. The Bertz CT molecular complexity index is 2070. The summed E-state index contributed by atoms with van der Waals surface area (Å²) in [5.41, 5.74) is 0.872. The van der Waals surface area contributed by atoms with Gasteiger partial charge in [0.2, 0.25) is 5.95 Å². The van der Waals surface area contributed by atoms with Crippen LogP contribution in [0, 0.1) is 0 Å². The predicted molar refractivity (Wildman–Crippen MR) is 186 cm³/mol. The maximum Gasteiger partial charge on any atom is 0.416 e. The van der Waals surface area contributed by atoms with E-state index in [0.717, 1.165) is 60.5 Å². The highest BCUT2D eigenvalue weighted by atomic mass is 35.5. The molecule has 0 saturated carbocycles. The van der Waals surface area contributed by atoms with Crippen LogP contribution in [0.1, 0.15) is 15.9 Å². The van der Waals surface area contributed by atoms with E-state index < -0.39 is 23.2 Å². The van der Waals surface area contributed by atoms with Gasteiger partial charge in [-0.05, 0) is 73.8 Å². The van der Waals surface area contributed by atoms with Crippen molar-refractivity contribution in [2.45, 2.75) is 6.18 Å². The van der Waals surface area contributed by atoms with Gasteiger partial charge in [-0.1, -0.05) is 17.7 Å². The normalized spacial score (nSPS) is 13.8. The van der Waals surface area contributed by atoms with Crippen molar-refractivity contribution in [2.24, 2.45) is 0 Å². The van der Waals surface area contributed by atoms with Gasteiger partial charge in [-0.3, -0.25) is 9.59 Å². The van der Waals surface area contributed by atoms with Gasteiger partial charge < -0.3 is 30.0 Å². The average Bonchev–Trinajstić information content (AvgIpc) is 3.10. The maximum atomic E-state index is 14.0. The van der Waals surface area contributed by atoms with Gasteiger partial charge in [-0.15, -0.1) is 4.73 Å². The lowest BCUT2D eigenvalue weighted by molar-refractivity contribution is -0.137. The average molecular weight is 708 g/mol. The Labute approximate surface area is 290 Å². The molecule has 0 radical (unpaired) electrons. The Kier molecular flexibility index (Phi) is 10.2. The summed E-state index contributed by atoms with van der Waals surface area (Å²) in [4.78, 5) is 46.3. The van der Waals surface area contributed by atoms with Gasteiger partial charge in [-0.25, -0.2) is 4.98 Å². The van der Waals surface area contributed by atoms with Gasteiger partial charge in [0, 0.05) is 78.1 Å². The van der Waals surface area contributed by atoms with Crippen LogP contribution in [0.5, 0.6) is 0 Å². The minimum absolute atomic E-state index is 0.0241. The van der Waals surface area contributed by atoms with Crippen LogP contribution in [-0.2, 0) is 10.9 Å². The second kappa shape index (κ2) is 14.7. The highest BCUT2D eigenvalue weighted by molar-refractivity contribution is 6.33. The number of piperazine rings is 1. The molecular formula is C35H33ClF3N7O4. The zero-order valence-electron chi connectivity index (χ0n) is 27.1. The van der Waals surface area contributed by atoms with Crippen molar-refractivity contribution in [3.63, 3.8) is 0 Å². The molecule has 1 aliphatic heterocycles. The number of hydrogen-bond donors (Lipinski definition) is 2. The first kappa shape index (κ1) is 34.7. The van der Waals surface area contributed by atoms with E-state index in [2.05, 4.69) is 37.4 Å². The van der Waals surface area contributed by atoms with E-state index in [4.69, 9.17) is 21.2 Å². The molecule has 0 spiro atoms. The number of alkyl halides is 3. The number of carbonyl (C=O) groups excluding carboxylic acids is 1. The molecule has 260 valence electrons. The number of methoxy groups -OCH3 is 1. The van der Waals surface area contributed by atoms with Gasteiger partial charge in [0.05, 0.1) is 17.7 Å². The highest BCUT2D eigenvalue weighted by Gasteiger charge is 2.31. The topological polar surface area (TPSA) is 114 Å². The van der Waals surface area contributed by atoms with Crippen molar-refractivity contribution >= 4 is 51.6 Å². The number of rotatable bonds is 10. The number of aromatic nitrogens is 3. The zero-order chi connectivity index (χ0) is 35.4. The monoisotopic (exact) mass is 707 g/mol. The zero-order valence-corrected chi connectivity index (χ0v) is 27.9. The molecule has 2 aromatic heterocycles. The third kappa shape index (κ3) is 7.83. The van der Waals surface area contributed by atoms with Gasteiger partial charge in [0.15, 0.2) is 5.65 Å². The maximum absolute atomic E-state index is 14.0. The van der Waals surface area contributed by atoms with Crippen molar-refractivity contribution in [3.8, 4) is 11.1 Å². The van der Waals surface area contributed by atoms with Gasteiger partial charge in [0.25, 0.3) is 11.5 Å². The number of pyridine rings is 1. The molecule has 0 bridgehead atoms. The lowest BCUT2D eigenvalue weighted by atomic mass is 10.0. The summed E-state index contributed by atoms with van der Waals surface area (Å²) in [5.74, 6) is -0.538. The van der Waals surface area contributed by atoms with Crippen LogP contribution in [0.3, 0.4) is 0 Å². The first-order valence-corrected chi connectivity index (χ1v) is 16.0. The van der Waals surface area contributed by atoms with E-state index in [0.29, 0.717) is 5.39 Å². The van der Waals surface area contributed by atoms with Crippen LogP contribution in [0.25, 0.3) is 22.2 Å². The summed E-state index contributed by atoms with van der Waals surface area (Å²) in [7, 11) is 3.61. The number of likely N-dealkylation sites (N-methyl/N-ethyl adjacent to an activating group) is 1. The molecule has 1 amide bonds. The summed E-state index contributed by atoms with van der Waals surface area (Å²) in [6, 6.07) is 18.0. The van der Waals surface area contributed by atoms with E-state index >= 15 is 0 Å². The molecule has 1 aliphatic rings. The summed E-state index contributed by atoms with van der Waals surface area (Å²) < 4.78 is 45.8. The molecule has 3 heterocycles.